The number of aryl methyl sites for hydroxylation is 1. The molecular weight excluding hydrogens is 415 g/mol. The summed E-state index contributed by atoms with van der Waals surface area (Å²) in [6.07, 6.45) is -0.163. The normalized spacial score (nSPS) is 14.6. The standard InChI is InChI=1S/C20H16F3N5O3/c1-10-5-12(6-25-17(10)28-8-13(7-26-28)20(21,22)23)11(2)27-9-15-14(18(27)29)3-4-24-16(15)19(30)31/h3-8,11H,9H2,1-2H3,(H,30,31). The number of carboxylic acid groups (broad SMARTS) is 1. The van der Waals surface area contributed by atoms with Crippen molar-refractivity contribution in [1.82, 2.24) is 24.6 Å². The SMILES string of the molecule is Cc1cc(C(C)N2Cc3c(ccnc3C(=O)O)C2=O)cnc1-n1cc(C(F)(F)F)cn1. The predicted molar refractivity (Wildman–Crippen MR) is 101 cm³/mol. The maximum absolute atomic E-state index is 12.8. The lowest BCUT2D eigenvalue weighted by atomic mass is 10.1. The van der Waals surface area contributed by atoms with Gasteiger partial charge >= 0.3 is 12.1 Å². The van der Waals surface area contributed by atoms with Crippen molar-refractivity contribution in [2.24, 2.45) is 0 Å². The van der Waals surface area contributed by atoms with Crippen LogP contribution in [0.1, 0.15) is 56.1 Å². The van der Waals surface area contributed by atoms with Crippen molar-refractivity contribution in [2.75, 3.05) is 0 Å². The van der Waals surface area contributed by atoms with E-state index in [4.69, 9.17) is 0 Å². The lowest BCUT2D eigenvalue weighted by molar-refractivity contribution is -0.137. The van der Waals surface area contributed by atoms with Crippen molar-refractivity contribution >= 4 is 11.9 Å². The number of aromatic carboxylic acids is 1. The van der Waals surface area contributed by atoms with Gasteiger partial charge in [-0.05, 0) is 37.1 Å². The van der Waals surface area contributed by atoms with Gasteiger partial charge in [-0.15, -0.1) is 0 Å². The number of carboxylic acids is 1. The van der Waals surface area contributed by atoms with E-state index in [1.54, 1.807) is 19.9 Å². The number of halogens is 3. The molecule has 1 unspecified atom stereocenters. The summed E-state index contributed by atoms with van der Waals surface area (Å²) >= 11 is 0. The number of carbonyl (C=O) groups excluding carboxylic acids is 1. The molecule has 31 heavy (non-hydrogen) atoms. The van der Waals surface area contributed by atoms with E-state index in [9.17, 15) is 27.9 Å². The molecule has 1 aliphatic rings. The summed E-state index contributed by atoms with van der Waals surface area (Å²) in [5.41, 5.74) is 0.814. The predicted octanol–water partition coefficient (Wildman–Crippen LogP) is 3.40. The zero-order chi connectivity index (χ0) is 22.5. The maximum atomic E-state index is 12.8. The van der Waals surface area contributed by atoms with Crippen LogP contribution in [0.25, 0.3) is 5.82 Å². The van der Waals surface area contributed by atoms with Crippen LogP contribution < -0.4 is 0 Å². The number of rotatable bonds is 4. The van der Waals surface area contributed by atoms with Crippen molar-refractivity contribution in [3.8, 4) is 5.82 Å². The minimum absolute atomic E-state index is 0.0830. The Kier molecular flexibility index (Phi) is 4.75. The second kappa shape index (κ2) is 7.18. The summed E-state index contributed by atoms with van der Waals surface area (Å²) in [5, 5.41) is 13.1. The van der Waals surface area contributed by atoms with Gasteiger partial charge in [0, 0.05) is 36.3 Å². The molecule has 3 aromatic rings. The van der Waals surface area contributed by atoms with Gasteiger partial charge in [0.15, 0.2) is 11.5 Å². The van der Waals surface area contributed by atoms with Crippen LogP contribution in [0.2, 0.25) is 0 Å². The van der Waals surface area contributed by atoms with E-state index >= 15 is 0 Å². The molecular formula is C20H16F3N5O3. The van der Waals surface area contributed by atoms with Crippen molar-refractivity contribution in [1.29, 1.82) is 0 Å². The average Bonchev–Trinajstić information content (AvgIpc) is 3.32. The zero-order valence-electron chi connectivity index (χ0n) is 16.4. The summed E-state index contributed by atoms with van der Waals surface area (Å²) in [6.45, 7) is 3.53. The molecule has 0 fully saturated rings. The average molecular weight is 431 g/mol. The number of nitrogens with zero attached hydrogens (tertiary/aromatic N) is 5. The third-order valence-corrected chi connectivity index (χ3v) is 5.23. The second-order valence-electron chi connectivity index (χ2n) is 7.18. The van der Waals surface area contributed by atoms with E-state index in [0.717, 1.165) is 17.1 Å². The smallest absolute Gasteiger partial charge is 0.419 e. The quantitative estimate of drug-likeness (QED) is 0.680. The Bertz CT molecular complexity index is 1210. The van der Waals surface area contributed by atoms with Crippen molar-refractivity contribution in [2.45, 2.75) is 32.6 Å². The van der Waals surface area contributed by atoms with Crippen molar-refractivity contribution < 1.29 is 27.9 Å². The number of fused-ring (bicyclic) bond motifs is 1. The van der Waals surface area contributed by atoms with Gasteiger partial charge in [0.25, 0.3) is 5.91 Å². The second-order valence-corrected chi connectivity index (χ2v) is 7.18. The molecule has 1 N–H and O–H groups in total. The molecule has 1 aliphatic heterocycles. The number of alkyl halides is 3. The fourth-order valence-electron chi connectivity index (χ4n) is 3.57. The van der Waals surface area contributed by atoms with Crippen LogP contribution in [0.4, 0.5) is 13.2 Å². The fraction of sp³-hybridized carbons (Fsp3) is 0.250. The molecule has 4 heterocycles. The van der Waals surface area contributed by atoms with Crippen molar-refractivity contribution in [3.05, 3.63) is 70.4 Å². The Morgan fingerprint density at radius 1 is 1.26 bits per heavy atom. The first kappa shape index (κ1) is 20.5. The van der Waals surface area contributed by atoms with Gasteiger partial charge in [-0.2, -0.15) is 18.3 Å². The van der Waals surface area contributed by atoms with Crippen LogP contribution >= 0.6 is 0 Å². The topological polar surface area (TPSA) is 101 Å². The van der Waals surface area contributed by atoms with Crippen LogP contribution in [0, 0.1) is 6.92 Å². The van der Waals surface area contributed by atoms with Crippen LogP contribution in [0.5, 0.6) is 0 Å². The van der Waals surface area contributed by atoms with E-state index in [1.165, 1.54) is 23.4 Å². The molecule has 0 saturated carbocycles. The number of amides is 1. The molecule has 3 aromatic heterocycles. The Morgan fingerprint density at radius 3 is 2.61 bits per heavy atom. The Morgan fingerprint density at radius 2 is 2.00 bits per heavy atom. The Balaban J connectivity index is 1.62. The molecule has 0 saturated heterocycles. The molecule has 0 radical (unpaired) electrons. The fourth-order valence-corrected chi connectivity index (χ4v) is 3.57. The first-order valence-corrected chi connectivity index (χ1v) is 9.19. The van der Waals surface area contributed by atoms with Gasteiger partial charge in [0.2, 0.25) is 0 Å². The molecule has 4 rings (SSSR count). The third-order valence-electron chi connectivity index (χ3n) is 5.23. The van der Waals surface area contributed by atoms with Gasteiger partial charge in [-0.25, -0.2) is 19.4 Å². The van der Waals surface area contributed by atoms with Gasteiger partial charge in [0.1, 0.15) is 0 Å². The number of aromatic nitrogens is 4. The van der Waals surface area contributed by atoms with E-state index in [1.807, 2.05) is 0 Å². The minimum Gasteiger partial charge on any atom is -0.477 e. The third kappa shape index (κ3) is 3.51. The Hall–Kier alpha value is -3.76. The van der Waals surface area contributed by atoms with Crippen LogP contribution in [0.15, 0.2) is 36.9 Å². The van der Waals surface area contributed by atoms with E-state index in [0.29, 0.717) is 16.7 Å². The zero-order valence-corrected chi connectivity index (χ0v) is 16.4. The Labute approximate surface area is 174 Å². The van der Waals surface area contributed by atoms with Gasteiger partial charge < -0.3 is 10.0 Å². The molecule has 8 nitrogen and oxygen atoms in total. The van der Waals surface area contributed by atoms with E-state index in [2.05, 4.69) is 15.1 Å². The largest absolute Gasteiger partial charge is 0.477 e. The van der Waals surface area contributed by atoms with Crippen LogP contribution in [-0.2, 0) is 12.7 Å². The summed E-state index contributed by atoms with van der Waals surface area (Å²) in [6, 6.07) is 2.75. The molecule has 0 spiro atoms. The number of hydrogen-bond acceptors (Lipinski definition) is 5. The monoisotopic (exact) mass is 431 g/mol. The summed E-state index contributed by atoms with van der Waals surface area (Å²) in [4.78, 5) is 33.8. The summed E-state index contributed by atoms with van der Waals surface area (Å²) < 4.78 is 39.6. The van der Waals surface area contributed by atoms with Gasteiger partial charge in [-0.1, -0.05) is 0 Å². The molecule has 0 aliphatic carbocycles. The first-order valence-electron chi connectivity index (χ1n) is 9.19. The lowest BCUT2D eigenvalue weighted by Crippen LogP contribution is -2.27. The van der Waals surface area contributed by atoms with Crippen LogP contribution in [-0.4, -0.2) is 41.6 Å². The molecule has 1 atom stereocenters. The highest BCUT2D eigenvalue weighted by Gasteiger charge is 2.35. The van der Waals surface area contributed by atoms with Crippen molar-refractivity contribution in [3.63, 3.8) is 0 Å². The molecule has 11 heteroatoms. The lowest BCUT2D eigenvalue weighted by Gasteiger charge is -2.25. The van der Waals surface area contributed by atoms with Crippen LogP contribution in [0.3, 0.4) is 0 Å². The number of carbonyl (C=O) groups is 2. The maximum Gasteiger partial charge on any atom is 0.419 e. The molecule has 1 amide bonds. The summed E-state index contributed by atoms with van der Waals surface area (Å²) in [7, 11) is 0. The first-order chi connectivity index (χ1) is 14.6. The molecule has 160 valence electrons. The minimum atomic E-state index is -4.50. The highest BCUT2D eigenvalue weighted by Crippen LogP contribution is 2.33. The van der Waals surface area contributed by atoms with Gasteiger partial charge in [0.05, 0.1) is 17.8 Å². The number of hydrogen-bond donors (Lipinski definition) is 1. The molecule has 0 aromatic carbocycles. The highest BCUT2D eigenvalue weighted by atomic mass is 19.4. The van der Waals surface area contributed by atoms with E-state index in [-0.39, 0.29) is 29.5 Å². The van der Waals surface area contributed by atoms with E-state index < -0.39 is 23.8 Å². The van der Waals surface area contributed by atoms with Gasteiger partial charge in [-0.3, -0.25) is 4.79 Å². The molecule has 0 bridgehead atoms. The number of pyridine rings is 2. The highest BCUT2D eigenvalue weighted by molar-refractivity contribution is 6.01. The summed E-state index contributed by atoms with van der Waals surface area (Å²) in [5.74, 6) is -1.30.